The van der Waals surface area contributed by atoms with Crippen LogP contribution in [0.1, 0.15) is 36.8 Å². The van der Waals surface area contributed by atoms with Crippen LogP contribution in [0.3, 0.4) is 0 Å². The number of carbonyl (C=O) groups excluding carboxylic acids is 1. The summed E-state index contributed by atoms with van der Waals surface area (Å²) >= 11 is 0. The topological polar surface area (TPSA) is 49.6 Å². The molecule has 1 amide bonds. The molecular formula is C19H29Cl2N3O. The summed E-state index contributed by atoms with van der Waals surface area (Å²) in [5.41, 5.74) is 8.30. The molecule has 140 valence electrons. The Hall–Kier alpha value is -0.810. The van der Waals surface area contributed by atoms with Gasteiger partial charge in [0.2, 0.25) is 5.91 Å². The van der Waals surface area contributed by atoms with Crippen molar-refractivity contribution in [1.82, 2.24) is 9.80 Å². The number of benzene rings is 1. The third-order valence-electron chi connectivity index (χ3n) is 6.00. The SMILES string of the molecule is Cl.Cl.NC1(C(=O)N2CCN(C3CCCC3)CC2)Cc2ccccc2C1. The van der Waals surface area contributed by atoms with E-state index in [4.69, 9.17) is 5.73 Å². The van der Waals surface area contributed by atoms with Crippen LogP contribution in [0.2, 0.25) is 0 Å². The van der Waals surface area contributed by atoms with E-state index >= 15 is 0 Å². The lowest BCUT2D eigenvalue weighted by Crippen LogP contribution is -2.60. The highest BCUT2D eigenvalue weighted by Gasteiger charge is 2.43. The zero-order valence-corrected chi connectivity index (χ0v) is 16.3. The van der Waals surface area contributed by atoms with Crippen molar-refractivity contribution >= 4 is 30.7 Å². The van der Waals surface area contributed by atoms with Crippen molar-refractivity contribution in [2.24, 2.45) is 5.73 Å². The normalized spacial score (nSPS) is 22.8. The number of halogens is 2. The summed E-state index contributed by atoms with van der Waals surface area (Å²) in [5.74, 6) is 0.153. The lowest BCUT2D eigenvalue weighted by molar-refractivity contribution is -0.138. The van der Waals surface area contributed by atoms with Crippen molar-refractivity contribution in [3.63, 3.8) is 0 Å². The van der Waals surface area contributed by atoms with Crippen LogP contribution in [-0.2, 0) is 17.6 Å². The van der Waals surface area contributed by atoms with Gasteiger partial charge in [-0.15, -0.1) is 24.8 Å². The molecule has 4 nitrogen and oxygen atoms in total. The minimum Gasteiger partial charge on any atom is -0.339 e. The fraction of sp³-hybridized carbons (Fsp3) is 0.632. The van der Waals surface area contributed by atoms with E-state index in [0.29, 0.717) is 12.8 Å². The molecule has 1 aromatic rings. The summed E-state index contributed by atoms with van der Waals surface area (Å²) in [7, 11) is 0. The Morgan fingerprint density at radius 3 is 2.00 bits per heavy atom. The van der Waals surface area contributed by atoms with Crippen molar-refractivity contribution in [3.8, 4) is 0 Å². The monoisotopic (exact) mass is 385 g/mol. The molecule has 0 spiro atoms. The maximum atomic E-state index is 13.0. The summed E-state index contributed by atoms with van der Waals surface area (Å²) in [6, 6.07) is 9.05. The molecule has 2 aliphatic carbocycles. The first-order valence-corrected chi connectivity index (χ1v) is 9.05. The number of carbonyl (C=O) groups is 1. The van der Waals surface area contributed by atoms with E-state index in [1.807, 2.05) is 17.0 Å². The van der Waals surface area contributed by atoms with Gasteiger partial charge in [-0.3, -0.25) is 9.69 Å². The molecule has 0 atom stereocenters. The Morgan fingerprint density at radius 1 is 0.960 bits per heavy atom. The molecule has 0 unspecified atom stereocenters. The van der Waals surface area contributed by atoms with Crippen molar-refractivity contribution in [2.75, 3.05) is 26.2 Å². The van der Waals surface area contributed by atoms with Crippen molar-refractivity contribution < 1.29 is 4.79 Å². The maximum absolute atomic E-state index is 13.0. The largest absolute Gasteiger partial charge is 0.339 e. The molecule has 0 bridgehead atoms. The molecule has 1 aromatic carbocycles. The van der Waals surface area contributed by atoms with E-state index in [-0.39, 0.29) is 30.7 Å². The first-order valence-electron chi connectivity index (χ1n) is 9.05. The Balaban J connectivity index is 0.00000113. The number of piperazine rings is 1. The molecule has 3 aliphatic rings. The molecule has 1 aliphatic heterocycles. The van der Waals surface area contributed by atoms with Crippen LogP contribution in [0.5, 0.6) is 0 Å². The van der Waals surface area contributed by atoms with Crippen LogP contribution in [0.4, 0.5) is 0 Å². The van der Waals surface area contributed by atoms with Crippen LogP contribution in [0.25, 0.3) is 0 Å². The van der Waals surface area contributed by atoms with E-state index < -0.39 is 5.54 Å². The molecule has 0 radical (unpaired) electrons. The minimum absolute atomic E-state index is 0. The van der Waals surface area contributed by atoms with E-state index in [1.165, 1.54) is 36.8 Å². The van der Waals surface area contributed by atoms with Gasteiger partial charge in [0.15, 0.2) is 0 Å². The summed E-state index contributed by atoms with van der Waals surface area (Å²) in [5, 5.41) is 0. The lowest BCUT2D eigenvalue weighted by Gasteiger charge is -2.40. The number of rotatable bonds is 2. The molecule has 1 saturated carbocycles. The minimum atomic E-state index is -0.723. The Bertz CT molecular complexity index is 571. The van der Waals surface area contributed by atoms with Gasteiger partial charge in [-0.05, 0) is 36.8 Å². The van der Waals surface area contributed by atoms with E-state index in [0.717, 1.165) is 32.2 Å². The molecule has 0 aromatic heterocycles. The first kappa shape index (κ1) is 20.5. The van der Waals surface area contributed by atoms with Gasteiger partial charge in [0.05, 0.1) is 0 Å². The standard InChI is InChI=1S/C19H27N3O.2ClH/c20-19(13-15-5-1-2-6-16(15)14-19)18(23)22-11-9-21(10-12-22)17-7-3-4-8-17;;/h1-2,5-6,17H,3-4,7-14,20H2;2*1H. The lowest BCUT2D eigenvalue weighted by atomic mass is 9.94. The van der Waals surface area contributed by atoms with Crippen LogP contribution < -0.4 is 5.73 Å². The molecule has 2 fully saturated rings. The maximum Gasteiger partial charge on any atom is 0.243 e. The Morgan fingerprint density at radius 2 is 1.48 bits per heavy atom. The van der Waals surface area contributed by atoms with Gasteiger partial charge in [-0.2, -0.15) is 0 Å². The molecular weight excluding hydrogens is 357 g/mol. The number of fused-ring (bicyclic) bond motifs is 1. The quantitative estimate of drug-likeness (QED) is 0.849. The van der Waals surface area contributed by atoms with Gasteiger partial charge in [0.25, 0.3) is 0 Å². The van der Waals surface area contributed by atoms with Crippen molar-refractivity contribution in [3.05, 3.63) is 35.4 Å². The highest BCUT2D eigenvalue weighted by Crippen LogP contribution is 2.30. The van der Waals surface area contributed by atoms with E-state index in [9.17, 15) is 4.79 Å². The number of amides is 1. The number of hydrogen-bond acceptors (Lipinski definition) is 3. The highest BCUT2D eigenvalue weighted by molar-refractivity contribution is 5.88. The zero-order chi connectivity index (χ0) is 15.9. The Kier molecular flexibility index (Phi) is 6.77. The molecule has 4 rings (SSSR count). The summed E-state index contributed by atoms with van der Waals surface area (Å²) in [6.45, 7) is 3.70. The number of nitrogens with two attached hydrogens (primary N) is 1. The van der Waals surface area contributed by atoms with Crippen molar-refractivity contribution in [2.45, 2.75) is 50.1 Å². The highest BCUT2D eigenvalue weighted by atomic mass is 35.5. The molecule has 1 heterocycles. The Labute approximate surface area is 162 Å². The van der Waals surface area contributed by atoms with Gasteiger partial charge in [0, 0.05) is 32.2 Å². The molecule has 2 N–H and O–H groups in total. The molecule has 25 heavy (non-hydrogen) atoms. The van der Waals surface area contributed by atoms with Crippen LogP contribution in [-0.4, -0.2) is 53.5 Å². The van der Waals surface area contributed by atoms with Gasteiger partial charge >= 0.3 is 0 Å². The zero-order valence-electron chi connectivity index (χ0n) is 14.7. The predicted octanol–water partition coefficient (Wildman–Crippen LogP) is 2.41. The summed E-state index contributed by atoms with van der Waals surface area (Å²) < 4.78 is 0. The predicted molar refractivity (Wildman–Crippen MR) is 106 cm³/mol. The molecule has 1 saturated heterocycles. The average molecular weight is 386 g/mol. The number of hydrogen-bond donors (Lipinski definition) is 1. The van der Waals surface area contributed by atoms with Crippen LogP contribution >= 0.6 is 24.8 Å². The van der Waals surface area contributed by atoms with Gasteiger partial charge in [-0.1, -0.05) is 37.1 Å². The fourth-order valence-corrected chi connectivity index (χ4v) is 4.67. The second-order valence-electron chi connectivity index (χ2n) is 7.54. The third-order valence-corrected chi connectivity index (χ3v) is 6.00. The second kappa shape index (κ2) is 8.26. The fourth-order valence-electron chi connectivity index (χ4n) is 4.67. The first-order chi connectivity index (χ1) is 11.2. The van der Waals surface area contributed by atoms with Gasteiger partial charge in [0.1, 0.15) is 5.54 Å². The summed E-state index contributed by atoms with van der Waals surface area (Å²) in [4.78, 5) is 17.6. The summed E-state index contributed by atoms with van der Waals surface area (Å²) in [6.07, 6.45) is 6.78. The average Bonchev–Trinajstić information content (AvgIpc) is 3.21. The molecule has 6 heteroatoms. The third kappa shape index (κ3) is 3.97. The van der Waals surface area contributed by atoms with Crippen LogP contribution in [0.15, 0.2) is 24.3 Å². The van der Waals surface area contributed by atoms with Gasteiger partial charge in [-0.25, -0.2) is 0 Å². The number of nitrogens with zero attached hydrogens (tertiary/aromatic N) is 2. The van der Waals surface area contributed by atoms with Crippen LogP contribution in [0, 0.1) is 0 Å². The second-order valence-corrected chi connectivity index (χ2v) is 7.54. The van der Waals surface area contributed by atoms with E-state index in [2.05, 4.69) is 17.0 Å². The van der Waals surface area contributed by atoms with E-state index in [1.54, 1.807) is 0 Å². The van der Waals surface area contributed by atoms with Gasteiger partial charge < -0.3 is 10.6 Å². The van der Waals surface area contributed by atoms with Crippen molar-refractivity contribution in [1.29, 1.82) is 0 Å². The smallest absolute Gasteiger partial charge is 0.243 e.